The number of halogens is 2. The molecule has 0 bridgehead atoms. The van der Waals surface area contributed by atoms with Crippen LogP contribution in [-0.4, -0.2) is 30.1 Å². The summed E-state index contributed by atoms with van der Waals surface area (Å²) in [6, 6.07) is 3.97. The number of Topliss-reactive ketones (excluding diaryl/α,β-unsaturated/α-hetero) is 1. The first kappa shape index (κ1) is 14.1. The maximum Gasteiger partial charge on any atom is 0.319 e. The summed E-state index contributed by atoms with van der Waals surface area (Å²) in [7, 11) is 0. The Morgan fingerprint density at radius 2 is 2.26 bits per heavy atom. The van der Waals surface area contributed by atoms with E-state index in [1.165, 1.54) is 18.2 Å². The zero-order valence-electron chi connectivity index (χ0n) is 9.99. The summed E-state index contributed by atoms with van der Waals surface area (Å²) in [5.74, 6) is -1.97. The Kier molecular flexibility index (Phi) is 4.01. The van der Waals surface area contributed by atoms with Crippen LogP contribution in [0.4, 0.5) is 4.39 Å². The zero-order valence-corrected chi connectivity index (χ0v) is 11.6. The average molecular weight is 331 g/mol. The molecule has 1 N–H and O–H groups in total. The van der Waals surface area contributed by atoms with Gasteiger partial charge >= 0.3 is 5.97 Å². The third kappa shape index (κ3) is 2.69. The van der Waals surface area contributed by atoms with E-state index in [1.807, 2.05) is 0 Å². The molecule has 0 spiro atoms. The number of benzene rings is 1. The van der Waals surface area contributed by atoms with E-state index < -0.39 is 17.2 Å². The van der Waals surface area contributed by atoms with E-state index in [-0.39, 0.29) is 31.8 Å². The van der Waals surface area contributed by atoms with Crippen LogP contribution in [0.1, 0.15) is 12.0 Å². The van der Waals surface area contributed by atoms with Gasteiger partial charge in [-0.3, -0.25) is 9.59 Å². The molecule has 102 valence electrons. The molecule has 1 atom stereocenters. The van der Waals surface area contributed by atoms with Gasteiger partial charge in [0.2, 0.25) is 0 Å². The third-order valence-corrected chi connectivity index (χ3v) is 4.01. The molecule has 2 rings (SSSR count). The number of carbonyl (C=O) groups excluding carboxylic acids is 1. The van der Waals surface area contributed by atoms with Crippen molar-refractivity contribution in [1.82, 2.24) is 0 Å². The van der Waals surface area contributed by atoms with Crippen molar-refractivity contribution in [3.63, 3.8) is 0 Å². The molecule has 0 saturated carbocycles. The van der Waals surface area contributed by atoms with Crippen molar-refractivity contribution in [3.8, 4) is 0 Å². The molecule has 0 radical (unpaired) electrons. The second kappa shape index (κ2) is 5.38. The Balaban J connectivity index is 2.36. The fraction of sp³-hybridized carbons (Fsp3) is 0.385. The molecule has 1 unspecified atom stereocenters. The van der Waals surface area contributed by atoms with Crippen LogP contribution in [0, 0.1) is 11.2 Å². The van der Waals surface area contributed by atoms with Gasteiger partial charge in [0.05, 0.1) is 13.2 Å². The van der Waals surface area contributed by atoms with E-state index in [1.54, 1.807) is 0 Å². The van der Waals surface area contributed by atoms with Gasteiger partial charge in [-0.15, -0.1) is 0 Å². The molecule has 1 aromatic carbocycles. The first-order valence-electron chi connectivity index (χ1n) is 5.74. The van der Waals surface area contributed by atoms with Crippen molar-refractivity contribution in [3.05, 3.63) is 34.1 Å². The second-order valence-corrected chi connectivity index (χ2v) is 5.38. The standard InChI is InChI=1S/C13H12BrFO4/c14-10-5-9(15)2-1-8(10)6-13(12(17)18)7-19-4-3-11(13)16/h1-2,5H,3-4,6-7H2,(H,17,18). The van der Waals surface area contributed by atoms with Crippen LogP contribution < -0.4 is 0 Å². The number of ether oxygens (including phenoxy) is 1. The van der Waals surface area contributed by atoms with Crippen LogP contribution >= 0.6 is 15.9 Å². The Morgan fingerprint density at radius 3 is 2.84 bits per heavy atom. The minimum Gasteiger partial charge on any atom is -0.480 e. The predicted molar refractivity (Wildman–Crippen MR) is 68.3 cm³/mol. The number of carboxylic acids is 1. The van der Waals surface area contributed by atoms with Gasteiger partial charge < -0.3 is 9.84 Å². The number of ketones is 1. The van der Waals surface area contributed by atoms with Gasteiger partial charge in [-0.25, -0.2) is 4.39 Å². The molecule has 4 nitrogen and oxygen atoms in total. The average Bonchev–Trinajstić information content (AvgIpc) is 2.35. The van der Waals surface area contributed by atoms with E-state index in [9.17, 15) is 19.1 Å². The highest BCUT2D eigenvalue weighted by Gasteiger charge is 2.48. The minimum absolute atomic E-state index is 0.0119. The lowest BCUT2D eigenvalue weighted by molar-refractivity contribution is -0.164. The van der Waals surface area contributed by atoms with Crippen LogP contribution in [0.25, 0.3) is 0 Å². The summed E-state index contributed by atoms with van der Waals surface area (Å²) >= 11 is 3.18. The van der Waals surface area contributed by atoms with Gasteiger partial charge in [-0.2, -0.15) is 0 Å². The van der Waals surface area contributed by atoms with Crippen LogP contribution in [-0.2, 0) is 20.7 Å². The summed E-state index contributed by atoms with van der Waals surface area (Å²) in [6.07, 6.45) is 0.0765. The molecule has 0 aliphatic carbocycles. The molecular formula is C13H12BrFO4. The van der Waals surface area contributed by atoms with Crippen molar-refractivity contribution < 1.29 is 23.8 Å². The minimum atomic E-state index is -1.57. The normalized spacial score (nSPS) is 23.4. The molecule has 0 amide bonds. The SMILES string of the molecule is O=C(O)C1(Cc2ccc(F)cc2Br)COCCC1=O. The van der Waals surface area contributed by atoms with E-state index >= 15 is 0 Å². The van der Waals surface area contributed by atoms with Gasteiger partial charge in [0.15, 0.2) is 11.2 Å². The Labute approximate surface area is 117 Å². The first-order chi connectivity index (χ1) is 8.95. The molecule has 1 fully saturated rings. The highest BCUT2D eigenvalue weighted by Crippen LogP contribution is 2.33. The number of aliphatic carboxylic acids is 1. The molecule has 1 aliphatic rings. The molecule has 1 heterocycles. The molecule has 19 heavy (non-hydrogen) atoms. The van der Waals surface area contributed by atoms with E-state index in [0.717, 1.165) is 0 Å². The lowest BCUT2D eigenvalue weighted by atomic mass is 9.76. The van der Waals surface area contributed by atoms with Gasteiger partial charge in [0.1, 0.15) is 5.82 Å². The smallest absolute Gasteiger partial charge is 0.319 e. The highest BCUT2D eigenvalue weighted by molar-refractivity contribution is 9.10. The van der Waals surface area contributed by atoms with E-state index in [2.05, 4.69) is 15.9 Å². The van der Waals surface area contributed by atoms with Gasteiger partial charge in [-0.05, 0) is 24.1 Å². The maximum atomic E-state index is 13.0. The number of hydrogen-bond acceptors (Lipinski definition) is 3. The van der Waals surface area contributed by atoms with Crippen LogP contribution in [0.15, 0.2) is 22.7 Å². The summed E-state index contributed by atoms with van der Waals surface area (Å²) in [5.41, 5.74) is -0.999. The number of rotatable bonds is 3. The summed E-state index contributed by atoms with van der Waals surface area (Å²) in [5, 5.41) is 9.38. The first-order valence-corrected chi connectivity index (χ1v) is 6.53. The van der Waals surface area contributed by atoms with Crippen molar-refractivity contribution in [1.29, 1.82) is 0 Å². The topological polar surface area (TPSA) is 63.6 Å². The van der Waals surface area contributed by atoms with E-state index in [4.69, 9.17) is 4.74 Å². The lowest BCUT2D eigenvalue weighted by Crippen LogP contribution is -2.48. The lowest BCUT2D eigenvalue weighted by Gasteiger charge is -2.31. The van der Waals surface area contributed by atoms with Crippen LogP contribution in [0.2, 0.25) is 0 Å². The third-order valence-electron chi connectivity index (χ3n) is 3.27. The van der Waals surface area contributed by atoms with Crippen molar-refractivity contribution >= 4 is 27.7 Å². The second-order valence-electron chi connectivity index (χ2n) is 4.53. The number of carbonyl (C=O) groups is 2. The molecular weight excluding hydrogens is 319 g/mol. The molecule has 1 aliphatic heterocycles. The number of hydrogen-bond donors (Lipinski definition) is 1. The fourth-order valence-corrected chi connectivity index (χ4v) is 2.62. The van der Waals surface area contributed by atoms with E-state index in [0.29, 0.717) is 10.0 Å². The predicted octanol–water partition coefficient (Wildman–Crippen LogP) is 2.19. The van der Waals surface area contributed by atoms with Crippen molar-refractivity contribution in [2.45, 2.75) is 12.8 Å². The summed E-state index contributed by atoms with van der Waals surface area (Å²) in [6.45, 7) is 0.101. The van der Waals surface area contributed by atoms with Gasteiger partial charge in [0, 0.05) is 10.9 Å². The van der Waals surface area contributed by atoms with Crippen LogP contribution in [0.3, 0.4) is 0 Å². The van der Waals surface area contributed by atoms with Crippen molar-refractivity contribution in [2.75, 3.05) is 13.2 Å². The van der Waals surface area contributed by atoms with Crippen LogP contribution in [0.5, 0.6) is 0 Å². The highest BCUT2D eigenvalue weighted by atomic mass is 79.9. The van der Waals surface area contributed by atoms with Crippen molar-refractivity contribution in [2.24, 2.45) is 5.41 Å². The van der Waals surface area contributed by atoms with Gasteiger partial charge in [-0.1, -0.05) is 22.0 Å². The largest absolute Gasteiger partial charge is 0.480 e. The Bertz CT molecular complexity index is 531. The maximum absolute atomic E-state index is 13.0. The molecule has 1 aromatic rings. The molecule has 0 aromatic heterocycles. The van der Waals surface area contributed by atoms with Gasteiger partial charge in [0.25, 0.3) is 0 Å². The Morgan fingerprint density at radius 1 is 1.53 bits per heavy atom. The quantitative estimate of drug-likeness (QED) is 0.863. The summed E-state index contributed by atoms with van der Waals surface area (Å²) in [4.78, 5) is 23.5. The fourth-order valence-electron chi connectivity index (χ4n) is 2.13. The zero-order chi connectivity index (χ0) is 14.0. The molecule has 1 saturated heterocycles. The monoisotopic (exact) mass is 330 g/mol. The Hall–Kier alpha value is -1.27. The summed E-state index contributed by atoms with van der Waals surface area (Å²) < 4.78 is 18.6. The molecule has 6 heteroatoms. The number of carboxylic acid groups (broad SMARTS) is 1.